The lowest BCUT2D eigenvalue weighted by molar-refractivity contribution is -0.137. The van der Waals surface area contributed by atoms with Gasteiger partial charge in [0.2, 0.25) is 0 Å². The number of halogens is 1. The molecule has 0 unspecified atom stereocenters. The van der Waals surface area contributed by atoms with E-state index in [2.05, 4.69) is 10.8 Å². The first-order chi connectivity index (χ1) is 15.5. The number of rotatable bonds is 7. The molecular weight excluding hydrogens is 425 g/mol. The van der Waals surface area contributed by atoms with Crippen LogP contribution in [0.25, 0.3) is 10.9 Å². The summed E-state index contributed by atoms with van der Waals surface area (Å²) in [5.41, 5.74) is 4.84. The summed E-state index contributed by atoms with van der Waals surface area (Å²) < 4.78 is 19.0. The average Bonchev–Trinajstić information content (AvgIpc) is 3.03. The summed E-state index contributed by atoms with van der Waals surface area (Å²) >= 11 is 1.44. The Kier molecular flexibility index (Phi) is 6.15. The third kappa shape index (κ3) is 4.46. The Morgan fingerprint density at radius 3 is 2.75 bits per heavy atom. The highest BCUT2D eigenvalue weighted by Gasteiger charge is 2.18. The molecule has 0 bridgehead atoms. The van der Waals surface area contributed by atoms with Gasteiger partial charge in [0.05, 0.1) is 11.6 Å². The van der Waals surface area contributed by atoms with Gasteiger partial charge in [0.25, 0.3) is 0 Å². The number of nitriles is 1. The average molecular weight is 446 g/mol. The van der Waals surface area contributed by atoms with Gasteiger partial charge < -0.3 is 14.4 Å². The minimum atomic E-state index is -0.944. The predicted octanol–water partition coefficient (Wildman–Crippen LogP) is 5.76. The van der Waals surface area contributed by atoms with Crippen molar-refractivity contribution in [3.8, 4) is 6.07 Å². The van der Waals surface area contributed by atoms with Crippen molar-refractivity contribution in [2.75, 3.05) is 4.72 Å². The topological polar surface area (TPSA) is 78.0 Å². The normalized spacial score (nSPS) is 10.8. The second kappa shape index (κ2) is 9.16. The molecule has 1 heterocycles. The van der Waals surface area contributed by atoms with Crippen molar-refractivity contribution in [2.45, 2.75) is 24.8 Å². The summed E-state index contributed by atoms with van der Waals surface area (Å²) in [5, 5.41) is 19.2. The predicted molar refractivity (Wildman–Crippen MR) is 124 cm³/mol. The van der Waals surface area contributed by atoms with Gasteiger partial charge in [-0.25, -0.2) is 4.39 Å². The molecule has 0 spiro atoms. The van der Waals surface area contributed by atoms with Crippen LogP contribution in [0.1, 0.15) is 22.4 Å². The van der Waals surface area contributed by atoms with Gasteiger partial charge >= 0.3 is 5.97 Å². The Morgan fingerprint density at radius 1 is 1.16 bits per heavy atom. The zero-order valence-corrected chi connectivity index (χ0v) is 18.1. The largest absolute Gasteiger partial charge is 0.480 e. The van der Waals surface area contributed by atoms with Crippen LogP contribution < -0.4 is 4.72 Å². The number of hydrogen-bond acceptors (Lipinski definition) is 4. The highest BCUT2D eigenvalue weighted by Crippen LogP contribution is 2.32. The van der Waals surface area contributed by atoms with Gasteiger partial charge in [-0.1, -0.05) is 24.3 Å². The van der Waals surface area contributed by atoms with Gasteiger partial charge in [-0.2, -0.15) is 5.26 Å². The Balaban J connectivity index is 1.68. The molecule has 0 saturated carbocycles. The Bertz CT molecular complexity index is 1360. The fraction of sp³-hybridized carbons (Fsp3) is 0.120. The van der Waals surface area contributed by atoms with E-state index in [0.717, 1.165) is 32.8 Å². The maximum atomic E-state index is 14.0. The van der Waals surface area contributed by atoms with Crippen LogP contribution in [0.15, 0.2) is 71.6 Å². The van der Waals surface area contributed by atoms with Crippen molar-refractivity contribution >= 4 is 34.5 Å². The molecule has 4 rings (SSSR count). The number of fused-ring (bicyclic) bond motifs is 1. The van der Waals surface area contributed by atoms with Crippen LogP contribution >= 0.6 is 11.9 Å². The number of aromatic nitrogens is 1. The fourth-order valence-electron chi connectivity index (χ4n) is 3.79. The lowest BCUT2D eigenvalue weighted by atomic mass is 10.0. The third-order valence-electron chi connectivity index (χ3n) is 5.32. The van der Waals surface area contributed by atoms with E-state index in [1.54, 1.807) is 22.8 Å². The second-order valence-electron chi connectivity index (χ2n) is 7.39. The Labute approximate surface area is 189 Å². The molecule has 4 aromatic rings. The number of carboxylic acid groups (broad SMARTS) is 1. The number of nitrogens with one attached hydrogen (secondary N) is 1. The Morgan fingerprint density at radius 2 is 1.97 bits per heavy atom. The molecule has 0 radical (unpaired) electrons. The van der Waals surface area contributed by atoms with Crippen molar-refractivity contribution in [2.24, 2.45) is 0 Å². The summed E-state index contributed by atoms with van der Waals surface area (Å²) in [6.45, 7) is 1.69. The molecule has 0 atom stereocenters. The summed E-state index contributed by atoms with van der Waals surface area (Å²) in [5.74, 6) is -1.30. The van der Waals surface area contributed by atoms with Gasteiger partial charge in [0.1, 0.15) is 12.4 Å². The number of anilines is 1. The second-order valence-corrected chi connectivity index (χ2v) is 8.23. The lowest BCUT2D eigenvalue weighted by Gasteiger charge is -2.11. The van der Waals surface area contributed by atoms with E-state index >= 15 is 0 Å². The van der Waals surface area contributed by atoms with Gasteiger partial charge in [-0.05, 0) is 72.5 Å². The van der Waals surface area contributed by atoms with Crippen LogP contribution in [0.4, 0.5) is 10.1 Å². The molecule has 0 aliphatic rings. The van der Waals surface area contributed by atoms with Crippen LogP contribution in [0.2, 0.25) is 0 Å². The van der Waals surface area contributed by atoms with E-state index in [9.17, 15) is 14.3 Å². The van der Waals surface area contributed by atoms with Crippen LogP contribution in [-0.4, -0.2) is 15.6 Å². The van der Waals surface area contributed by atoms with E-state index in [4.69, 9.17) is 5.26 Å². The van der Waals surface area contributed by atoms with Crippen LogP contribution in [-0.2, 0) is 17.8 Å². The molecule has 0 amide bonds. The molecule has 0 saturated heterocycles. The third-order valence-corrected chi connectivity index (χ3v) is 6.28. The molecule has 160 valence electrons. The van der Waals surface area contributed by atoms with E-state index in [-0.39, 0.29) is 12.4 Å². The van der Waals surface area contributed by atoms with E-state index in [1.807, 2.05) is 43.3 Å². The smallest absolute Gasteiger partial charge is 0.323 e. The minimum Gasteiger partial charge on any atom is -0.480 e. The first kappa shape index (κ1) is 21.5. The summed E-state index contributed by atoms with van der Waals surface area (Å²) in [7, 11) is 0. The SMILES string of the molecule is Cc1c(Cc2ccccc2SNc2cccc(C#N)c2)c2cc(F)ccc2n1CC(=O)O. The van der Waals surface area contributed by atoms with Crippen molar-refractivity contribution < 1.29 is 14.3 Å². The maximum Gasteiger partial charge on any atom is 0.323 e. The number of benzene rings is 3. The van der Waals surface area contributed by atoms with Crippen molar-refractivity contribution in [3.05, 3.63) is 94.9 Å². The van der Waals surface area contributed by atoms with Crippen LogP contribution in [0.3, 0.4) is 0 Å². The van der Waals surface area contributed by atoms with E-state index < -0.39 is 5.97 Å². The number of carboxylic acids is 1. The lowest BCUT2D eigenvalue weighted by Crippen LogP contribution is -2.10. The monoisotopic (exact) mass is 445 g/mol. The molecule has 32 heavy (non-hydrogen) atoms. The highest BCUT2D eigenvalue weighted by atomic mass is 32.2. The highest BCUT2D eigenvalue weighted by molar-refractivity contribution is 8.00. The molecule has 5 nitrogen and oxygen atoms in total. The molecule has 0 aliphatic heterocycles. The zero-order valence-electron chi connectivity index (χ0n) is 17.3. The van der Waals surface area contributed by atoms with Crippen molar-refractivity contribution in [1.82, 2.24) is 4.57 Å². The van der Waals surface area contributed by atoms with Crippen LogP contribution in [0, 0.1) is 24.1 Å². The quantitative estimate of drug-likeness (QED) is 0.354. The summed E-state index contributed by atoms with van der Waals surface area (Å²) in [6, 6.07) is 21.7. The first-order valence-electron chi connectivity index (χ1n) is 9.96. The van der Waals surface area contributed by atoms with Gasteiger partial charge in [-0.15, -0.1) is 0 Å². The summed E-state index contributed by atoms with van der Waals surface area (Å²) in [6.07, 6.45) is 0.529. The maximum absolute atomic E-state index is 14.0. The van der Waals surface area contributed by atoms with E-state index in [1.165, 1.54) is 24.1 Å². The molecule has 0 fully saturated rings. The number of carbonyl (C=O) groups is 1. The van der Waals surface area contributed by atoms with Crippen molar-refractivity contribution in [3.63, 3.8) is 0 Å². The van der Waals surface area contributed by atoms with Crippen molar-refractivity contribution in [1.29, 1.82) is 5.26 Å². The van der Waals surface area contributed by atoms with E-state index in [0.29, 0.717) is 17.5 Å². The molecule has 0 aliphatic carbocycles. The molecule has 3 aromatic carbocycles. The zero-order chi connectivity index (χ0) is 22.7. The molecule has 2 N–H and O–H groups in total. The van der Waals surface area contributed by atoms with Gasteiger partial charge in [0, 0.05) is 33.6 Å². The standard InChI is InChI=1S/C25H20FN3O2S/c1-16-21(22-13-19(26)9-10-23(22)29(16)15-25(30)31)12-18-6-2-3-8-24(18)32-28-20-7-4-5-17(11-20)14-27/h2-11,13,28H,12,15H2,1H3,(H,30,31). The van der Waals surface area contributed by atoms with Gasteiger partial charge in [-0.3, -0.25) is 4.79 Å². The first-order valence-corrected chi connectivity index (χ1v) is 10.8. The number of hydrogen-bond donors (Lipinski definition) is 2. The molecule has 7 heteroatoms. The Hall–Kier alpha value is -3.76. The molecular formula is C25H20FN3O2S. The van der Waals surface area contributed by atoms with Crippen LogP contribution in [0.5, 0.6) is 0 Å². The molecule has 1 aromatic heterocycles. The fourth-order valence-corrected chi connectivity index (χ4v) is 4.56. The number of aliphatic carboxylic acids is 1. The summed E-state index contributed by atoms with van der Waals surface area (Å²) in [4.78, 5) is 12.4. The minimum absolute atomic E-state index is 0.179. The number of nitrogens with zero attached hydrogens (tertiary/aromatic N) is 2. The van der Waals surface area contributed by atoms with Gasteiger partial charge in [0.15, 0.2) is 0 Å².